The molecular formula is C16H24FN. The van der Waals surface area contributed by atoms with Gasteiger partial charge in [0.2, 0.25) is 0 Å². The summed E-state index contributed by atoms with van der Waals surface area (Å²) in [6.07, 6.45) is 2.86. The van der Waals surface area contributed by atoms with Gasteiger partial charge < -0.3 is 5.73 Å². The van der Waals surface area contributed by atoms with E-state index in [1.807, 2.05) is 19.9 Å². The fraction of sp³-hybridized carbons (Fsp3) is 0.625. The van der Waals surface area contributed by atoms with E-state index in [9.17, 15) is 4.39 Å². The fourth-order valence-corrected chi connectivity index (χ4v) is 3.42. The molecule has 1 aliphatic rings. The summed E-state index contributed by atoms with van der Waals surface area (Å²) in [5.41, 5.74) is 8.77. The third kappa shape index (κ3) is 2.31. The molecule has 2 heteroatoms. The minimum atomic E-state index is -0.478. The van der Waals surface area contributed by atoms with Gasteiger partial charge in [-0.2, -0.15) is 0 Å². The summed E-state index contributed by atoms with van der Waals surface area (Å²) in [4.78, 5) is 0. The average Bonchev–Trinajstić information content (AvgIpc) is 2.22. The Kier molecular flexibility index (Phi) is 3.50. The molecule has 0 spiro atoms. The van der Waals surface area contributed by atoms with Crippen LogP contribution < -0.4 is 5.73 Å². The highest BCUT2D eigenvalue weighted by atomic mass is 19.1. The Morgan fingerprint density at radius 3 is 2.44 bits per heavy atom. The number of rotatable bonds is 1. The fourth-order valence-electron chi connectivity index (χ4n) is 3.42. The van der Waals surface area contributed by atoms with Crippen LogP contribution in [0.3, 0.4) is 0 Å². The van der Waals surface area contributed by atoms with Crippen molar-refractivity contribution in [3.63, 3.8) is 0 Å². The van der Waals surface area contributed by atoms with E-state index in [1.54, 1.807) is 6.07 Å². The number of nitrogens with two attached hydrogens (primary N) is 1. The van der Waals surface area contributed by atoms with Gasteiger partial charge >= 0.3 is 0 Å². The van der Waals surface area contributed by atoms with E-state index in [1.165, 1.54) is 0 Å². The van der Waals surface area contributed by atoms with Crippen molar-refractivity contribution in [2.24, 2.45) is 17.6 Å². The highest BCUT2D eigenvalue weighted by Gasteiger charge is 2.38. The van der Waals surface area contributed by atoms with E-state index in [0.717, 1.165) is 36.0 Å². The smallest absolute Gasteiger partial charge is 0.128 e. The summed E-state index contributed by atoms with van der Waals surface area (Å²) in [7, 11) is 0. The van der Waals surface area contributed by atoms with Crippen molar-refractivity contribution in [1.29, 1.82) is 0 Å². The summed E-state index contributed by atoms with van der Waals surface area (Å²) in [6, 6.07) is 3.65. The van der Waals surface area contributed by atoms with Gasteiger partial charge in [0.1, 0.15) is 5.82 Å². The lowest BCUT2D eigenvalue weighted by atomic mass is 9.68. The monoisotopic (exact) mass is 249 g/mol. The molecule has 0 radical (unpaired) electrons. The van der Waals surface area contributed by atoms with Crippen LogP contribution in [-0.4, -0.2) is 0 Å². The van der Waals surface area contributed by atoms with Crippen LogP contribution >= 0.6 is 0 Å². The third-order valence-corrected chi connectivity index (χ3v) is 4.63. The number of aryl methyl sites for hydroxylation is 2. The van der Waals surface area contributed by atoms with Gasteiger partial charge in [0.25, 0.3) is 0 Å². The summed E-state index contributed by atoms with van der Waals surface area (Å²) in [5, 5.41) is 0. The molecule has 1 saturated carbocycles. The van der Waals surface area contributed by atoms with Crippen molar-refractivity contribution in [3.8, 4) is 0 Å². The maximum absolute atomic E-state index is 14.3. The van der Waals surface area contributed by atoms with Gasteiger partial charge in [-0.3, -0.25) is 0 Å². The first kappa shape index (κ1) is 13.5. The van der Waals surface area contributed by atoms with Crippen LogP contribution in [0, 0.1) is 31.5 Å². The Morgan fingerprint density at radius 2 is 1.89 bits per heavy atom. The number of halogens is 1. The Bertz CT molecular complexity index is 431. The minimum absolute atomic E-state index is 0.128. The predicted octanol–water partition coefficient (Wildman–Crippen LogP) is 4.05. The largest absolute Gasteiger partial charge is 0.321 e. The van der Waals surface area contributed by atoms with Crippen LogP contribution in [0.1, 0.15) is 49.8 Å². The number of hydrogen-bond donors (Lipinski definition) is 1. The van der Waals surface area contributed by atoms with Gasteiger partial charge in [0.15, 0.2) is 0 Å². The zero-order chi connectivity index (χ0) is 13.5. The molecular weight excluding hydrogens is 225 g/mol. The van der Waals surface area contributed by atoms with Crippen LogP contribution in [-0.2, 0) is 5.54 Å². The van der Waals surface area contributed by atoms with Gasteiger partial charge in [-0.1, -0.05) is 19.9 Å². The Balaban J connectivity index is 2.42. The lowest BCUT2D eigenvalue weighted by Crippen LogP contribution is -2.44. The maximum Gasteiger partial charge on any atom is 0.128 e. The lowest BCUT2D eigenvalue weighted by molar-refractivity contribution is 0.172. The van der Waals surface area contributed by atoms with Crippen LogP contribution in [0.4, 0.5) is 4.39 Å². The summed E-state index contributed by atoms with van der Waals surface area (Å²) >= 11 is 0. The van der Waals surface area contributed by atoms with E-state index in [4.69, 9.17) is 5.73 Å². The van der Waals surface area contributed by atoms with Gasteiger partial charge in [-0.05, 0) is 62.1 Å². The lowest BCUT2D eigenvalue weighted by Gasteiger charge is -2.41. The summed E-state index contributed by atoms with van der Waals surface area (Å²) in [6.45, 7) is 8.40. The van der Waals surface area contributed by atoms with Crippen molar-refractivity contribution in [2.75, 3.05) is 0 Å². The van der Waals surface area contributed by atoms with E-state index in [-0.39, 0.29) is 5.82 Å². The number of hydrogen-bond acceptors (Lipinski definition) is 1. The predicted molar refractivity (Wildman–Crippen MR) is 73.9 cm³/mol. The molecule has 3 unspecified atom stereocenters. The SMILES string of the molecule is Cc1cc(C)c(C2(N)CCC(C)C(C)C2)c(F)c1. The first-order chi connectivity index (χ1) is 8.33. The van der Waals surface area contributed by atoms with Gasteiger partial charge in [0, 0.05) is 11.1 Å². The highest BCUT2D eigenvalue weighted by molar-refractivity contribution is 5.37. The van der Waals surface area contributed by atoms with E-state index >= 15 is 0 Å². The molecule has 1 aromatic carbocycles. The second-order valence-corrected chi connectivity index (χ2v) is 6.29. The molecule has 2 N–H and O–H groups in total. The molecule has 1 nitrogen and oxygen atoms in total. The molecule has 3 atom stereocenters. The zero-order valence-electron chi connectivity index (χ0n) is 11.9. The first-order valence-corrected chi connectivity index (χ1v) is 6.89. The molecule has 1 aliphatic carbocycles. The van der Waals surface area contributed by atoms with Crippen molar-refractivity contribution in [3.05, 3.63) is 34.6 Å². The normalized spacial score (nSPS) is 32.6. The minimum Gasteiger partial charge on any atom is -0.321 e. The van der Waals surface area contributed by atoms with Gasteiger partial charge in [-0.15, -0.1) is 0 Å². The van der Waals surface area contributed by atoms with E-state index in [2.05, 4.69) is 13.8 Å². The summed E-state index contributed by atoms with van der Waals surface area (Å²) in [5.74, 6) is 1.12. The molecule has 0 amide bonds. The van der Waals surface area contributed by atoms with Crippen molar-refractivity contribution < 1.29 is 4.39 Å². The number of benzene rings is 1. The molecule has 0 aromatic heterocycles. The molecule has 18 heavy (non-hydrogen) atoms. The molecule has 1 aromatic rings. The molecule has 0 aliphatic heterocycles. The quantitative estimate of drug-likeness (QED) is 0.798. The third-order valence-electron chi connectivity index (χ3n) is 4.63. The van der Waals surface area contributed by atoms with Crippen LogP contribution in [0.25, 0.3) is 0 Å². The highest BCUT2D eigenvalue weighted by Crippen LogP contribution is 2.42. The van der Waals surface area contributed by atoms with Crippen LogP contribution in [0.2, 0.25) is 0 Å². The van der Waals surface area contributed by atoms with Crippen molar-refractivity contribution >= 4 is 0 Å². The Hall–Kier alpha value is -0.890. The molecule has 1 fully saturated rings. The second-order valence-electron chi connectivity index (χ2n) is 6.29. The van der Waals surface area contributed by atoms with Crippen LogP contribution in [0.15, 0.2) is 12.1 Å². The maximum atomic E-state index is 14.3. The van der Waals surface area contributed by atoms with E-state index in [0.29, 0.717) is 11.8 Å². The molecule has 0 saturated heterocycles. The second kappa shape index (κ2) is 4.65. The molecule has 100 valence electrons. The van der Waals surface area contributed by atoms with Crippen molar-refractivity contribution in [2.45, 2.75) is 52.5 Å². The Labute approximate surface area is 110 Å². The molecule has 0 heterocycles. The van der Waals surface area contributed by atoms with Crippen LogP contribution in [0.5, 0.6) is 0 Å². The Morgan fingerprint density at radius 1 is 1.22 bits per heavy atom. The van der Waals surface area contributed by atoms with Gasteiger partial charge in [0.05, 0.1) is 0 Å². The molecule has 2 rings (SSSR count). The van der Waals surface area contributed by atoms with E-state index < -0.39 is 5.54 Å². The topological polar surface area (TPSA) is 26.0 Å². The standard InChI is InChI=1S/C16H24FN/c1-10-7-12(3)15(14(17)8-10)16(18)6-5-11(2)13(4)9-16/h7-8,11,13H,5-6,9,18H2,1-4H3. The summed E-state index contributed by atoms with van der Waals surface area (Å²) < 4.78 is 14.3. The zero-order valence-corrected chi connectivity index (χ0v) is 11.9. The average molecular weight is 249 g/mol. The van der Waals surface area contributed by atoms with Gasteiger partial charge in [-0.25, -0.2) is 4.39 Å². The first-order valence-electron chi connectivity index (χ1n) is 6.89. The molecule has 0 bridgehead atoms. The van der Waals surface area contributed by atoms with Crippen molar-refractivity contribution in [1.82, 2.24) is 0 Å².